The number of nitrogens with one attached hydrogen (secondary N) is 2. The third-order valence-corrected chi connectivity index (χ3v) is 7.44. The van der Waals surface area contributed by atoms with E-state index in [9.17, 15) is 14.4 Å². The topological polar surface area (TPSA) is 118 Å². The molecule has 11 heteroatoms. The van der Waals surface area contributed by atoms with Crippen LogP contribution in [0.25, 0.3) is 0 Å². The van der Waals surface area contributed by atoms with E-state index < -0.39 is 6.04 Å². The fourth-order valence-electron chi connectivity index (χ4n) is 4.29. The van der Waals surface area contributed by atoms with Gasteiger partial charge in [0.25, 0.3) is 5.91 Å². The lowest BCUT2D eigenvalue weighted by Gasteiger charge is -2.32. The molecule has 1 aliphatic carbocycles. The predicted octanol–water partition coefficient (Wildman–Crippen LogP) is 5.23. The number of hydrogen-bond acceptors (Lipinski definition) is 7. The molecule has 2 heterocycles. The number of anilines is 2. The van der Waals surface area contributed by atoms with Crippen LogP contribution >= 0.6 is 27.7 Å². The fourth-order valence-corrected chi connectivity index (χ4v) is 5.23. The van der Waals surface area contributed by atoms with Gasteiger partial charge in [-0.2, -0.15) is 0 Å². The van der Waals surface area contributed by atoms with Gasteiger partial charge in [-0.05, 0) is 56.2 Å². The molecule has 0 aliphatic heterocycles. The third-order valence-electron chi connectivity index (χ3n) is 6.00. The van der Waals surface area contributed by atoms with Gasteiger partial charge < -0.3 is 19.6 Å². The third kappa shape index (κ3) is 7.48. The summed E-state index contributed by atoms with van der Waals surface area (Å²) in [4.78, 5) is 41.0. The molecule has 1 atom stereocenters. The van der Waals surface area contributed by atoms with Crippen LogP contribution in [0.4, 0.5) is 11.5 Å². The van der Waals surface area contributed by atoms with Gasteiger partial charge in [-0.25, -0.2) is 0 Å². The number of aromatic nitrogens is 1. The van der Waals surface area contributed by atoms with Gasteiger partial charge in [0.15, 0.2) is 11.9 Å². The van der Waals surface area contributed by atoms with Crippen molar-refractivity contribution in [3.63, 3.8) is 0 Å². The van der Waals surface area contributed by atoms with E-state index in [1.54, 1.807) is 37.3 Å². The number of nitrogens with zero attached hydrogens (tertiary/aromatic N) is 2. The number of furan rings is 1. The molecule has 3 aromatic rings. The Morgan fingerprint density at radius 1 is 1.14 bits per heavy atom. The van der Waals surface area contributed by atoms with E-state index in [-0.39, 0.29) is 35.3 Å². The number of aryl methyl sites for hydroxylation is 1. The van der Waals surface area contributed by atoms with Gasteiger partial charge in [-0.1, -0.05) is 40.3 Å². The molecular weight excluding hydrogens is 560 g/mol. The van der Waals surface area contributed by atoms with Crippen molar-refractivity contribution < 1.29 is 23.3 Å². The lowest BCUT2D eigenvalue weighted by atomic mass is 9.95. The van der Waals surface area contributed by atoms with Crippen LogP contribution in [-0.2, 0) is 14.4 Å². The SMILES string of the molecule is Cc1cc(NC(=O)CSCC(=O)N(c2ccc(Br)cc2)[C@@H](C(=O)NC2CCCCC2)c2ccco2)no1. The summed E-state index contributed by atoms with van der Waals surface area (Å²) in [5.41, 5.74) is 0.552. The predicted molar refractivity (Wildman–Crippen MR) is 145 cm³/mol. The Morgan fingerprint density at radius 3 is 2.54 bits per heavy atom. The average molecular weight is 590 g/mol. The summed E-state index contributed by atoms with van der Waals surface area (Å²) in [7, 11) is 0. The molecule has 0 spiro atoms. The van der Waals surface area contributed by atoms with Crippen molar-refractivity contribution >= 4 is 56.9 Å². The zero-order valence-electron chi connectivity index (χ0n) is 20.4. The number of hydrogen-bond donors (Lipinski definition) is 2. The molecule has 1 fully saturated rings. The first kappa shape index (κ1) is 27.0. The highest BCUT2D eigenvalue weighted by molar-refractivity contribution is 9.10. The van der Waals surface area contributed by atoms with Gasteiger partial charge in [0.2, 0.25) is 11.8 Å². The van der Waals surface area contributed by atoms with Gasteiger partial charge in [-0.3, -0.25) is 19.3 Å². The molecule has 2 N–H and O–H groups in total. The number of benzene rings is 1. The van der Waals surface area contributed by atoms with Crippen LogP contribution in [0.5, 0.6) is 0 Å². The first-order valence-electron chi connectivity index (χ1n) is 12.1. The summed E-state index contributed by atoms with van der Waals surface area (Å²) in [5.74, 6) is 0.371. The number of carbonyl (C=O) groups excluding carboxylic acids is 3. The normalized spacial score (nSPS) is 14.6. The molecule has 1 saturated carbocycles. The zero-order valence-corrected chi connectivity index (χ0v) is 22.8. The number of halogens is 1. The maximum absolute atomic E-state index is 13.6. The zero-order chi connectivity index (χ0) is 26.2. The highest BCUT2D eigenvalue weighted by Crippen LogP contribution is 2.31. The molecular formula is C26H29BrN4O5S. The van der Waals surface area contributed by atoms with E-state index in [0.717, 1.165) is 41.9 Å². The maximum Gasteiger partial charge on any atom is 0.251 e. The van der Waals surface area contributed by atoms with Gasteiger partial charge in [0, 0.05) is 22.3 Å². The van der Waals surface area contributed by atoms with E-state index in [1.165, 1.54) is 17.6 Å². The monoisotopic (exact) mass is 588 g/mol. The molecule has 37 heavy (non-hydrogen) atoms. The van der Waals surface area contributed by atoms with E-state index >= 15 is 0 Å². The van der Waals surface area contributed by atoms with Crippen LogP contribution in [0.2, 0.25) is 0 Å². The van der Waals surface area contributed by atoms with E-state index in [0.29, 0.717) is 23.0 Å². The van der Waals surface area contributed by atoms with Crippen molar-refractivity contribution in [1.29, 1.82) is 0 Å². The summed E-state index contributed by atoms with van der Waals surface area (Å²) >= 11 is 4.58. The summed E-state index contributed by atoms with van der Waals surface area (Å²) in [6.07, 6.45) is 6.62. The number of thioether (sulfide) groups is 1. The van der Waals surface area contributed by atoms with Crippen molar-refractivity contribution in [3.05, 3.63) is 64.7 Å². The molecule has 1 aliphatic rings. The highest BCUT2D eigenvalue weighted by atomic mass is 79.9. The molecule has 9 nitrogen and oxygen atoms in total. The van der Waals surface area contributed by atoms with E-state index in [1.807, 2.05) is 12.1 Å². The Kier molecular flexibility index (Phi) is 9.45. The molecule has 3 amide bonds. The van der Waals surface area contributed by atoms with Crippen molar-refractivity contribution in [1.82, 2.24) is 10.5 Å². The van der Waals surface area contributed by atoms with Crippen LogP contribution in [0.1, 0.15) is 49.7 Å². The Balaban J connectivity index is 1.51. The lowest BCUT2D eigenvalue weighted by molar-refractivity contribution is -0.127. The molecule has 0 saturated heterocycles. The first-order valence-corrected chi connectivity index (χ1v) is 14.1. The molecule has 4 rings (SSSR count). The van der Waals surface area contributed by atoms with Crippen LogP contribution < -0.4 is 15.5 Å². The molecule has 1 aromatic carbocycles. The minimum atomic E-state index is -0.988. The highest BCUT2D eigenvalue weighted by Gasteiger charge is 2.36. The van der Waals surface area contributed by atoms with Crippen molar-refractivity contribution in [2.45, 2.75) is 51.1 Å². The van der Waals surface area contributed by atoms with Gasteiger partial charge in [0.1, 0.15) is 11.5 Å². The van der Waals surface area contributed by atoms with Crippen LogP contribution in [0, 0.1) is 6.92 Å². The quantitative estimate of drug-likeness (QED) is 0.333. The van der Waals surface area contributed by atoms with Gasteiger partial charge >= 0.3 is 0 Å². The second-order valence-electron chi connectivity index (χ2n) is 8.87. The first-order chi connectivity index (χ1) is 17.9. The maximum atomic E-state index is 13.6. The Morgan fingerprint density at radius 2 is 1.89 bits per heavy atom. The molecule has 2 aromatic heterocycles. The van der Waals surface area contributed by atoms with Crippen molar-refractivity contribution in [2.24, 2.45) is 0 Å². The summed E-state index contributed by atoms with van der Waals surface area (Å²) in [6, 6.07) is 11.3. The van der Waals surface area contributed by atoms with Crippen molar-refractivity contribution in [3.8, 4) is 0 Å². The standard InChI is InChI=1S/C26H29BrN4O5S/c1-17-14-22(30-36-17)29-23(32)15-37-16-24(33)31(20-11-9-18(27)10-12-20)25(21-8-5-13-35-21)26(34)28-19-6-3-2-4-7-19/h5,8-14,19,25H,2-4,6-7,15-16H2,1H3,(H,28,34)(H,29,30,32)/t25-/m1/s1. The Hall–Kier alpha value is -3.05. The van der Waals surface area contributed by atoms with E-state index in [4.69, 9.17) is 8.94 Å². The molecule has 196 valence electrons. The minimum absolute atomic E-state index is 0.0186. The average Bonchev–Trinajstić information content (AvgIpc) is 3.55. The number of carbonyl (C=O) groups is 3. The molecule has 0 bridgehead atoms. The summed E-state index contributed by atoms with van der Waals surface area (Å²) in [6.45, 7) is 1.73. The van der Waals surface area contributed by atoms with Crippen LogP contribution in [0.15, 0.2) is 62.1 Å². The smallest absolute Gasteiger partial charge is 0.251 e. The molecule has 0 unspecified atom stereocenters. The summed E-state index contributed by atoms with van der Waals surface area (Å²) in [5, 5.41) is 9.52. The minimum Gasteiger partial charge on any atom is -0.467 e. The van der Waals surface area contributed by atoms with Crippen LogP contribution in [0.3, 0.4) is 0 Å². The second kappa shape index (κ2) is 13.0. The molecule has 0 radical (unpaired) electrons. The van der Waals surface area contributed by atoms with E-state index in [2.05, 4.69) is 31.7 Å². The Labute approximate surface area is 227 Å². The second-order valence-corrected chi connectivity index (χ2v) is 10.8. The Bertz CT molecular complexity index is 1190. The van der Waals surface area contributed by atoms with Crippen molar-refractivity contribution in [2.75, 3.05) is 21.7 Å². The van der Waals surface area contributed by atoms with Gasteiger partial charge in [0.05, 0.1) is 17.8 Å². The number of amides is 3. The largest absolute Gasteiger partial charge is 0.467 e. The summed E-state index contributed by atoms with van der Waals surface area (Å²) < 4.78 is 11.4. The van der Waals surface area contributed by atoms with Gasteiger partial charge in [-0.15, -0.1) is 11.8 Å². The van der Waals surface area contributed by atoms with Crippen LogP contribution in [-0.4, -0.2) is 40.4 Å². The lowest BCUT2D eigenvalue weighted by Crippen LogP contribution is -2.47. The number of rotatable bonds is 10. The fraction of sp³-hybridized carbons (Fsp3) is 0.385.